The van der Waals surface area contributed by atoms with Crippen LogP contribution in [-0.2, 0) is 28.7 Å². The molecule has 0 aromatic rings. The lowest BCUT2D eigenvalue weighted by Gasteiger charge is -2.18. The molecule has 0 aromatic carbocycles. The molecule has 0 bridgehead atoms. The molecular weight excluding hydrogens is 488 g/mol. The third-order valence-electron chi connectivity index (χ3n) is 4.56. The number of amides is 2. The highest BCUT2D eigenvalue weighted by Gasteiger charge is 2.07. The molecule has 0 aliphatic carbocycles. The molecule has 0 spiro atoms. The molecule has 0 aliphatic rings. The number of hydrogen-bond donors (Lipinski definition) is 3. The topological polar surface area (TPSA) is 126 Å². The molecule has 0 fully saturated rings. The minimum atomic E-state index is -0.191. The number of carbonyl (C=O) groups excluding carboxylic acids is 4. The number of rotatable bonds is 17. The molecule has 10 heteroatoms. The molecule has 0 rings (SSSR count). The molecule has 218 valence electrons. The Balaban J connectivity index is -0.000000635. The van der Waals surface area contributed by atoms with Crippen LogP contribution in [0.25, 0.3) is 0 Å². The predicted molar refractivity (Wildman–Crippen MR) is 153 cm³/mol. The largest absolute Gasteiger partial charge is 0.465 e. The Morgan fingerprint density at radius 2 is 1.37 bits per heavy atom. The van der Waals surface area contributed by atoms with Crippen LogP contribution in [0.3, 0.4) is 0 Å². The van der Waals surface area contributed by atoms with Gasteiger partial charge in [0.15, 0.2) is 0 Å². The number of hydrogen-bond acceptors (Lipinski definition) is 8. The maximum absolute atomic E-state index is 11.4. The van der Waals surface area contributed by atoms with E-state index in [0.717, 1.165) is 5.57 Å². The molecule has 38 heavy (non-hydrogen) atoms. The molecule has 10 nitrogen and oxygen atoms in total. The standard InChI is InChI=1S/C15H28N2O4.C11H18N2O2.C2H4/c1-13(8-12-21-15(19)7-10-17-3)5-4-11-20-14(18)6-9-16-2;1-4-7-10(14)12-9-13(6-3)11(15)8-5-2;1-2/h5,16-17H,4,6-12H2,1-3H3;4-5,7-8H,6,9H2,1-3H3,(H,12,14);1-2H2/b13-5-;7-4-,8-5+;. The smallest absolute Gasteiger partial charge is 0.307 e. The number of ether oxygens (including phenoxy) is 2. The van der Waals surface area contributed by atoms with Gasteiger partial charge in [-0.1, -0.05) is 23.8 Å². The van der Waals surface area contributed by atoms with Crippen molar-refractivity contribution in [2.75, 3.05) is 53.6 Å². The summed E-state index contributed by atoms with van der Waals surface area (Å²) in [6.07, 6.45) is 10.4. The summed E-state index contributed by atoms with van der Waals surface area (Å²) < 4.78 is 10.2. The monoisotopic (exact) mass is 538 g/mol. The maximum atomic E-state index is 11.4. The second kappa shape index (κ2) is 30.0. The van der Waals surface area contributed by atoms with Crippen LogP contribution >= 0.6 is 0 Å². The minimum Gasteiger partial charge on any atom is -0.465 e. The van der Waals surface area contributed by atoms with Crippen molar-refractivity contribution in [1.29, 1.82) is 0 Å². The Kier molecular flexibility index (Phi) is 31.0. The van der Waals surface area contributed by atoms with Gasteiger partial charge in [0.1, 0.15) is 0 Å². The summed E-state index contributed by atoms with van der Waals surface area (Å²) in [6, 6.07) is 0. The fourth-order valence-electron chi connectivity index (χ4n) is 2.48. The molecule has 0 saturated carbocycles. The average Bonchev–Trinajstić information content (AvgIpc) is 2.91. The Hall–Kier alpha value is -3.24. The SMILES string of the molecule is C/C=C\C(=O)NCN(CC)C(=O)/C=C/C.C=C.CNCCC(=O)OCC/C=C(/C)CCOC(=O)CCNC. The first-order valence-electron chi connectivity index (χ1n) is 12.8. The summed E-state index contributed by atoms with van der Waals surface area (Å²) in [5.74, 6) is -0.658. The van der Waals surface area contributed by atoms with Gasteiger partial charge in [-0.05, 0) is 60.4 Å². The lowest BCUT2D eigenvalue weighted by atomic mass is 10.2. The van der Waals surface area contributed by atoms with E-state index in [1.54, 1.807) is 45.0 Å². The molecule has 0 heterocycles. The summed E-state index contributed by atoms with van der Waals surface area (Å²) in [7, 11) is 3.59. The third-order valence-corrected chi connectivity index (χ3v) is 4.56. The predicted octanol–water partition coefficient (Wildman–Crippen LogP) is 2.88. The number of nitrogens with one attached hydrogen (secondary N) is 3. The van der Waals surface area contributed by atoms with Crippen molar-refractivity contribution in [3.8, 4) is 0 Å². The van der Waals surface area contributed by atoms with Crippen molar-refractivity contribution in [2.45, 2.75) is 53.4 Å². The Bertz CT molecular complexity index is 735. The zero-order chi connectivity index (χ0) is 29.6. The van der Waals surface area contributed by atoms with E-state index in [0.29, 0.717) is 58.5 Å². The number of carbonyl (C=O) groups is 4. The molecule has 2 amide bonds. The van der Waals surface area contributed by atoms with Gasteiger partial charge in [0.25, 0.3) is 0 Å². The van der Waals surface area contributed by atoms with Gasteiger partial charge >= 0.3 is 11.9 Å². The van der Waals surface area contributed by atoms with Gasteiger partial charge in [0, 0.05) is 26.1 Å². The van der Waals surface area contributed by atoms with E-state index in [2.05, 4.69) is 29.1 Å². The van der Waals surface area contributed by atoms with Crippen molar-refractivity contribution >= 4 is 23.8 Å². The summed E-state index contributed by atoms with van der Waals surface area (Å²) in [4.78, 5) is 46.5. The average molecular weight is 539 g/mol. The maximum Gasteiger partial charge on any atom is 0.307 e. The van der Waals surface area contributed by atoms with Crippen molar-refractivity contribution in [3.05, 3.63) is 49.1 Å². The first-order chi connectivity index (χ1) is 18.2. The second-order valence-electron chi connectivity index (χ2n) is 7.63. The fraction of sp³-hybridized carbons (Fsp3) is 0.571. The molecule has 0 saturated heterocycles. The van der Waals surface area contributed by atoms with Gasteiger partial charge in [-0.25, -0.2) is 0 Å². The van der Waals surface area contributed by atoms with Crippen LogP contribution in [0.2, 0.25) is 0 Å². The van der Waals surface area contributed by atoms with Crippen LogP contribution in [0.5, 0.6) is 0 Å². The third kappa shape index (κ3) is 27.3. The highest BCUT2D eigenvalue weighted by Crippen LogP contribution is 2.03. The number of allylic oxidation sites excluding steroid dienone is 2. The number of nitrogens with zero attached hydrogens (tertiary/aromatic N) is 1. The summed E-state index contributed by atoms with van der Waals surface area (Å²) in [5.41, 5.74) is 1.13. The van der Waals surface area contributed by atoms with E-state index in [4.69, 9.17) is 9.47 Å². The van der Waals surface area contributed by atoms with Gasteiger partial charge in [0.05, 0.1) is 32.7 Å². The van der Waals surface area contributed by atoms with Crippen LogP contribution in [0.15, 0.2) is 49.1 Å². The quantitative estimate of drug-likeness (QED) is 0.0849. The van der Waals surface area contributed by atoms with E-state index >= 15 is 0 Å². The molecule has 3 N–H and O–H groups in total. The van der Waals surface area contributed by atoms with Crippen LogP contribution in [0, 0.1) is 0 Å². The Morgan fingerprint density at radius 3 is 1.84 bits per heavy atom. The van der Waals surface area contributed by atoms with Gasteiger partial charge in [-0.2, -0.15) is 0 Å². The normalized spacial score (nSPS) is 10.6. The van der Waals surface area contributed by atoms with Crippen LogP contribution < -0.4 is 16.0 Å². The van der Waals surface area contributed by atoms with Crippen molar-refractivity contribution in [2.24, 2.45) is 0 Å². The van der Waals surface area contributed by atoms with Crippen LogP contribution in [0.4, 0.5) is 0 Å². The van der Waals surface area contributed by atoms with Crippen molar-refractivity contribution in [3.63, 3.8) is 0 Å². The summed E-state index contributed by atoms with van der Waals surface area (Å²) >= 11 is 0. The van der Waals surface area contributed by atoms with Gasteiger partial charge in [-0.3, -0.25) is 19.2 Å². The Morgan fingerprint density at radius 1 is 0.842 bits per heavy atom. The van der Waals surface area contributed by atoms with Crippen molar-refractivity contribution < 1.29 is 28.7 Å². The summed E-state index contributed by atoms with van der Waals surface area (Å²) in [6.45, 7) is 16.2. The molecule has 0 aromatic heterocycles. The lowest BCUT2D eigenvalue weighted by Crippen LogP contribution is -2.39. The van der Waals surface area contributed by atoms with E-state index in [-0.39, 0.29) is 30.4 Å². The fourth-order valence-corrected chi connectivity index (χ4v) is 2.48. The second-order valence-corrected chi connectivity index (χ2v) is 7.63. The van der Waals surface area contributed by atoms with E-state index in [1.807, 2.05) is 19.9 Å². The highest BCUT2D eigenvalue weighted by molar-refractivity contribution is 5.89. The van der Waals surface area contributed by atoms with Crippen LogP contribution in [0.1, 0.15) is 53.4 Å². The highest BCUT2D eigenvalue weighted by atomic mass is 16.5. The van der Waals surface area contributed by atoms with E-state index in [1.165, 1.54) is 12.2 Å². The van der Waals surface area contributed by atoms with Gasteiger partial charge < -0.3 is 30.3 Å². The summed E-state index contributed by atoms with van der Waals surface area (Å²) in [5, 5.41) is 8.41. The van der Waals surface area contributed by atoms with E-state index in [9.17, 15) is 19.2 Å². The molecule has 0 radical (unpaired) electrons. The number of esters is 2. The van der Waals surface area contributed by atoms with Crippen LogP contribution in [-0.4, -0.2) is 82.3 Å². The zero-order valence-corrected chi connectivity index (χ0v) is 24.3. The first-order valence-corrected chi connectivity index (χ1v) is 12.8. The lowest BCUT2D eigenvalue weighted by molar-refractivity contribution is -0.144. The zero-order valence-electron chi connectivity index (χ0n) is 24.3. The molecule has 0 unspecified atom stereocenters. The molecular formula is C28H50N4O6. The molecule has 0 aliphatic heterocycles. The molecule has 0 atom stereocenters. The van der Waals surface area contributed by atoms with Gasteiger partial charge in [-0.15, -0.1) is 13.2 Å². The Labute approximate surface area is 229 Å². The van der Waals surface area contributed by atoms with Gasteiger partial charge in [0.2, 0.25) is 11.8 Å². The van der Waals surface area contributed by atoms with Crippen molar-refractivity contribution in [1.82, 2.24) is 20.9 Å². The number of likely N-dealkylation sites (N-methyl/N-ethyl adjacent to an activating group) is 1. The first kappa shape index (κ1) is 39.3. The van der Waals surface area contributed by atoms with E-state index < -0.39 is 0 Å². The minimum absolute atomic E-state index is 0.0965.